The predicted octanol–water partition coefficient (Wildman–Crippen LogP) is 1.41. The van der Waals surface area contributed by atoms with Gasteiger partial charge < -0.3 is 4.42 Å². The second-order valence-electron chi connectivity index (χ2n) is 1.38. The lowest BCUT2D eigenvalue weighted by atomic mass is 10.5. The SMILES string of the molecule is [S]CCc1ncco1. The van der Waals surface area contributed by atoms with Gasteiger partial charge in [-0.15, -0.1) is 0 Å². The molecule has 0 aliphatic carbocycles. The van der Waals surface area contributed by atoms with Gasteiger partial charge in [0.15, 0.2) is 5.89 Å². The first-order valence-electron chi connectivity index (χ1n) is 2.40. The molecule has 0 bridgehead atoms. The normalized spacial score (nSPS) is 9.62. The van der Waals surface area contributed by atoms with Gasteiger partial charge in [-0.1, -0.05) is 12.6 Å². The number of nitrogens with zero attached hydrogens (tertiary/aromatic N) is 1. The summed E-state index contributed by atoms with van der Waals surface area (Å²) in [5.74, 6) is 1.42. The maximum Gasteiger partial charge on any atom is 0.194 e. The van der Waals surface area contributed by atoms with E-state index in [1.807, 2.05) is 0 Å². The van der Waals surface area contributed by atoms with Gasteiger partial charge in [0.2, 0.25) is 0 Å². The van der Waals surface area contributed by atoms with Crippen LogP contribution in [-0.4, -0.2) is 10.7 Å². The minimum atomic E-state index is 0.681. The third-order valence-corrected chi connectivity index (χ3v) is 1.00. The van der Waals surface area contributed by atoms with Crippen molar-refractivity contribution in [3.05, 3.63) is 18.4 Å². The molecule has 0 aliphatic heterocycles. The Morgan fingerprint density at radius 2 is 2.62 bits per heavy atom. The summed E-state index contributed by atoms with van der Waals surface area (Å²) >= 11 is 4.70. The zero-order valence-corrected chi connectivity index (χ0v) is 5.15. The van der Waals surface area contributed by atoms with Gasteiger partial charge in [-0.05, 0) is 0 Å². The number of oxazole rings is 1. The molecule has 0 aromatic carbocycles. The molecule has 2 nitrogen and oxygen atoms in total. The predicted molar refractivity (Wildman–Crippen MR) is 32.7 cm³/mol. The molecule has 0 unspecified atom stereocenters. The summed E-state index contributed by atoms with van der Waals surface area (Å²) in [5.41, 5.74) is 0. The van der Waals surface area contributed by atoms with Crippen LogP contribution in [0.25, 0.3) is 0 Å². The lowest BCUT2D eigenvalue weighted by molar-refractivity contribution is 0.503. The Morgan fingerprint density at radius 1 is 1.75 bits per heavy atom. The van der Waals surface area contributed by atoms with Crippen LogP contribution in [0, 0.1) is 0 Å². The van der Waals surface area contributed by atoms with Gasteiger partial charge in [0.05, 0.1) is 6.20 Å². The Bertz CT molecular complexity index is 138. The highest BCUT2D eigenvalue weighted by Crippen LogP contribution is 1.95. The highest BCUT2D eigenvalue weighted by molar-refractivity contribution is 7.80. The molecule has 0 aliphatic rings. The van der Waals surface area contributed by atoms with E-state index in [9.17, 15) is 0 Å². The molecule has 0 amide bonds. The van der Waals surface area contributed by atoms with E-state index in [1.165, 1.54) is 0 Å². The Labute approximate surface area is 53.3 Å². The largest absolute Gasteiger partial charge is 0.449 e. The molecule has 1 radical (unpaired) electrons. The smallest absolute Gasteiger partial charge is 0.194 e. The zero-order chi connectivity index (χ0) is 5.82. The van der Waals surface area contributed by atoms with Crippen molar-refractivity contribution in [2.24, 2.45) is 0 Å². The standard InChI is InChI=1S/C5H6NOS/c8-4-1-5-6-2-3-7-5/h2-3H,1,4H2. The van der Waals surface area contributed by atoms with Crippen LogP contribution in [0.5, 0.6) is 0 Å². The number of hydrogen-bond donors (Lipinski definition) is 0. The van der Waals surface area contributed by atoms with Crippen molar-refractivity contribution in [2.75, 3.05) is 5.75 Å². The minimum Gasteiger partial charge on any atom is -0.449 e. The van der Waals surface area contributed by atoms with Crippen molar-refractivity contribution in [3.8, 4) is 0 Å². The molecule has 1 aromatic rings. The van der Waals surface area contributed by atoms with E-state index in [4.69, 9.17) is 17.0 Å². The molecule has 0 saturated heterocycles. The van der Waals surface area contributed by atoms with Crippen LogP contribution in [0.3, 0.4) is 0 Å². The van der Waals surface area contributed by atoms with E-state index in [2.05, 4.69) is 4.98 Å². The second kappa shape index (κ2) is 2.77. The van der Waals surface area contributed by atoms with E-state index in [-0.39, 0.29) is 0 Å². The van der Waals surface area contributed by atoms with Gasteiger partial charge in [-0.3, -0.25) is 0 Å². The number of hydrogen-bond acceptors (Lipinski definition) is 2. The van der Waals surface area contributed by atoms with Crippen LogP contribution in [0.2, 0.25) is 0 Å². The molecule has 43 valence electrons. The van der Waals surface area contributed by atoms with Crippen LogP contribution in [0.15, 0.2) is 16.9 Å². The van der Waals surface area contributed by atoms with Crippen LogP contribution < -0.4 is 0 Å². The van der Waals surface area contributed by atoms with Gasteiger partial charge >= 0.3 is 0 Å². The molecule has 0 saturated carbocycles. The van der Waals surface area contributed by atoms with Crippen molar-refractivity contribution in [1.82, 2.24) is 4.98 Å². The zero-order valence-electron chi connectivity index (χ0n) is 4.33. The summed E-state index contributed by atoms with van der Waals surface area (Å²) in [4.78, 5) is 3.87. The molecule has 1 aromatic heterocycles. The van der Waals surface area contributed by atoms with Crippen LogP contribution in [0.4, 0.5) is 0 Å². The van der Waals surface area contributed by atoms with Crippen molar-refractivity contribution in [1.29, 1.82) is 0 Å². The van der Waals surface area contributed by atoms with Crippen molar-refractivity contribution >= 4 is 12.6 Å². The molecule has 1 heterocycles. The summed E-state index contributed by atoms with van der Waals surface area (Å²) < 4.78 is 4.90. The lowest BCUT2D eigenvalue weighted by Crippen LogP contribution is -1.83. The van der Waals surface area contributed by atoms with Gasteiger partial charge in [0, 0.05) is 12.2 Å². The molecular weight excluding hydrogens is 122 g/mol. The van der Waals surface area contributed by atoms with E-state index in [0.717, 1.165) is 12.3 Å². The Morgan fingerprint density at radius 3 is 3.12 bits per heavy atom. The van der Waals surface area contributed by atoms with Crippen LogP contribution >= 0.6 is 12.6 Å². The summed E-state index contributed by atoms with van der Waals surface area (Å²) in [5, 5.41) is 0. The van der Waals surface area contributed by atoms with E-state index >= 15 is 0 Å². The molecular formula is C5H6NOS. The topological polar surface area (TPSA) is 26.0 Å². The van der Waals surface area contributed by atoms with Crippen LogP contribution in [-0.2, 0) is 6.42 Å². The van der Waals surface area contributed by atoms with Crippen molar-refractivity contribution in [3.63, 3.8) is 0 Å². The van der Waals surface area contributed by atoms with Gasteiger partial charge in [0.25, 0.3) is 0 Å². The third kappa shape index (κ3) is 1.26. The first-order chi connectivity index (χ1) is 3.93. The van der Waals surface area contributed by atoms with Crippen molar-refractivity contribution in [2.45, 2.75) is 6.42 Å². The third-order valence-electron chi connectivity index (χ3n) is 0.799. The minimum absolute atomic E-state index is 0.681. The van der Waals surface area contributed by atoms with Gasteiger partial charge in [-0.25, -0.2) is 4.98 Å². The summed E-state index contributed by atoms with van der Waals surface area (Å²) in [6, 6.07) is 0. The highest BCUT2D eigenvalue weighted by Gasteiger charge is 1.91. The number of aromatic nitrogens is 1. The molecule has 3 heteroatoms. The molecule has 0 atom stereocenters. The first kappa shape index (κ1) is 5.69. The molecule has 1 rings (SSSR count). The molecule has 0 spiro atoms. The van der Waals surface area contributed by atoms with Gasteiger partial charge in [-0.2, -0.15) is 0 Å². The highest BCUT2D eigenvalue weighted by atomic mass is 32.1. The lowest BCUT2D eigenvalue weighted by Gasteiger charge is -1.82. The Kier molecular flexibility index (Phi) is 1.97. The average molecular weight is 128 g/mol. The maximum absolute atomic E-state index is 4.90. The molecule has 0 N–H and O–H groups in total. The fraction of sp³-hybridized carbons (Fsp3) is 0.400. The summed E-state index contributed by atoms with van der Waals surface area (Å²) in [6.07, 6.45) is 3.95. The fourth-order valence-corrected chi connectivity index (χ4v) is 0.638. The fourth-order valence-electron chi connectivity index (χ4n) is 0.464. The summed E-state index contributed by atoms with van der Waals surface area (Å²) in [7, 11) is 0. The molecule has 0 fully saturated rings. The van der Waals surface area contributed by atoms with Crippen LogP contribution in [0.1, 0.15) is 5.89 Å². The van der Waals surface area contributed by atoms with Gasteiger partial charge in [0.1, 0.15) is 6.26 Å². The van der Waals surface area contributed by atoms with E-state index < -0.39 is 0 Å². The summed E-state index contributed by atoms with van der Waals surface area (Å²) in [6.45, 7) is 0. The average Bonchev–Trinajstić information content (AvgIpc) is 2.19. The molecule has 8 heavy (non-hydrogen) atoms. The van der Waals surface area contributed by atoms with E-state index in [0.29, 0.717) is 5.75 Å². The number of aryl methyl sites for hydroxylation is 1. The van der Waals surface area contributed by atoms with Crippen molar-refractivity contribution < 1.29 is 4.42 Å². The maximum atomic E-state index is 4.90. The Hall–Kier alpha value is -0.440. The second-order valence-corrected chi connectivity index (χ2v) is 1.79. The first-order valence-corrected chi connectivity index (χ1v) is 2.97. The quantitative estimate of drug-likeness (QED) is 0.602. The Balaban J connectivity index is 2.50. The monoisotopic (exact) mass is 128 g/mol. The number of rotatable bonds is 2. The van der Waals surface area contributed by atoms with E-state index in [1.54, 1.807) is 12.5 Å².